The lowest BCUT2D eigenvalue weighted by Crippen LogP contribution is -2.36. The molecule has 2 aromatic heterocycles. The van der Waals surface area contributed by atoms with Gasteiger partial charge in [-0.2, -0.15) is 18.4 Å². The molecule has 0 bridgehead atoms. The number of alkyl halides is 3. The van der Waals surface area contributed by atoms with E-state index in [1.807, 2.05) is 6.07 Å². The van der Waals surface area contributed by atoms with Gasteiger partial charge in [-0.05, 0) is 50.1 Å². The van der Waals surface area contributed by atoms with E-state index < -0.39 is 18.1 Å². The Labute approximate surface area is 202 Å². The Morgan fingerprint density at radius 3 is 2.57 bits per heavy atom. The Hall–Kier alpha value is -3.69. The monoisotopic (exact) mass is 481 g/mol. The van der Waals surface area contributed by atoms with Crippen molar-refractivity contribution >= 4 is 22.3 Å². The molecule has 0 radical (unpaired) electrons. The van der Waals surface area contributed by atoms with Crippen LogP contribution in [0.5, 0.6) is 0 Å². The predicted octanol–water partition coefficient (Wildman–Crippen LogP) is 4.70. The van der Waals surface area contributed by atoms with E-state index in [1.165, 1.54) is 4.57 Å². The van der Waals surface area contributed by atoms with Crippen LogP contribution in [0.25, 0.3) is 10.9 Å². The number of morpholine rings is 1. The summed E-state index contributed by atoms with van der Waals surface area (Å²) in [7, 11) is 0. The van der Waals surface area contributed by atoms with Gasteiger partial charge in [0.15, 0.2) is 0 Å². The molecule has 1 aliphatic heterocycles. The molecule has 0 aliphatic carbocycles. The molecule has 0 amide bonds. The molecule has 3 aromatic rings. The summed E-state index contributed by atoms with van der Waals surface area (Å²) in [6.07, 6.45) is -2.76. The van der Waals surface area contributed by atoms with Crippen LogP contribution in [0, 0.1) is 23.2 Å². The number of aromatic nitrogens is 2. The van der Waals surface area contributed by atoms with Crippen LogP contribution in [0.15, 0.2) is 42.6 Å². The van der Waals surface area contributed by atoms with Crippen molar-refractivity contribution in [1.29, 1.82) is 5.26 Å². The third-order valence-electron chi connectivity index (χ3n) is 5.89. The first kappa shape index (κ1) is 24.4. The summed E-state index contributed by atoms with van der Waals surface area (Å²) in [4.78, 5) is 6.45. The van der Waals surface area contributed by atoms with Gasteiger partial charge in [0.05, 0.1) is 60.0 Å². The van der Waals surface area contributed by atoms with E-state index in [4.69, 9.17) is 4.74 Å². The third-order valence-corrected chi connectivity index (χ3v) is 5.89. The summed E-state index contributed by atoms with van der Waals surface area (Å²) in [5, 5.41) is 13.1. The minimum Gasteiger partial charge on any atom is -0.378 e. The SMILES string of the molecule is CC(C)(C#N)c1ccc(NCC#Cc2cc3c(N4CCOCC4)cccc3n2CC(F)(F)F)cn1. The molecule has 1 fully saturated rings. The summed E-state index contributed by atoms with van der Waals surface area (Å²) in [6.45, 7) is 5.24. The average molecular weight is 482 g/mol. The van der Waals surface area contributed by atoms with Gasteiger partial charge in [-0.3, -0.25) is 4.98 Å². The second-order valence-electron chi connectivity index (χ2n) is 8.86. The van der Waals surface area contributed by atoms with Gasteiger partial charge < -0.3 is 19.5 Å². The van der Waals surface area contributed by atoms with Gasteiger partial charge in [-0.1, -0.05) is 12.0 Å². The molecule has 1 N–H and O–H groups in total. The van der Waals surface area contributed by atoms with E-state index in [1.54, 1.807) is 50.4 Å². The van der Waals surface area contributed by atoms with Crippen molar-refractivity contribution in [2.45, 2.75) is 32.0 Å². The molecule has 3 heterocycles. The van der Waals surface area contributed by atoms with Gasteiger partial charge >= 0.3 is 6.18 Å². The summed E-state index contributed by atoms with van der Waals surface area (Å²) < 4.78 is 46.8. The summed E-state index contributed by atoms with van der Waals surface area (Å²) in [5.74, 6) is 5.84. The smallest absolute Gasteiger partial charge is 0.378 e. The number of anilines is 2. The number of hydrogen-bond acceptors (Lipinski definition) is 5. The maximum Gasteiger partial charge on any atom is 0.406 e. The van der Waals surface area contributed by atoms with E-state index in [0.29, 0.717) is 48.9 Å². The molecule has 0 saturated carbocycles. The second kappa shape index (κ2) is 9.89. The van der Waals surface area contributed by atoms with Gasteiger partial charge in [0, 0.05) is 24.2 Å². The topological polar surface area (TPSA) is 66.1 Å². The molecule has 4 rings (SSSR count). The molecule has 0 spiro atoms. The molecule has 6 nitrogen and oxygen atoms in total. The van der Waals surface area contributed by atoms with Crippen LogP contribution in [0.3, 0.4) is 0 Å². The van der Waals surface area contributed by atoms with Crippen molar-refractivity contribution in [3.8, 4) is 17.9 Å². The third kappa shape index (κ3) is 5.70. The predicted molar refractivity (Wildman–Crippen MR) is 129 cm³/mol. The molecule has 9 heteroatoms. The Bertz CT molecular complexity index is 1290. The van der Waals surface area contributed by atoms with Crippen molar-refractivity contribution in [3.63, 3.8) is 0 Å². The lowest BCUT2D eigenvalue weighted by Gasteiger charge is -2.29. The van der Waals surface area contributed by atoms with Crippen LogP contribution in [0.1, 0.15) is 25.2 Å². The Balaban J connectivity index is 1.58. The van der Waals surface area contributed by atoms with E-state index in [0.717, 1.165) is 11.1 Å². The number of nitrogens with one attached hydrogen (secondary N) is 1. The fourth-order valence-electron chi connectivity index (χ4n) is 4.01. The zero-order valence-electron chi connectivity index (χ0n) is 19.6. The van der Waals surface area contributed by atoms with Gasteiger partial charge in [-0.15, -0.1) is 0 Å². The van der Waals surface area contributed by atoms with Crippen molar-refractivity contribution in [2.24, 2.45) is 0 Å². The van der Waals surface area contributed by atoms with E-state index in [-0.39, 0.29) is 6.54 Å². The Kier molecular flexibility index (Phi) is 6.90. The normalized spacial score (nSPS) is 14.3. The second-order valence-corrected chi connectivity index (χ2v) is 8.86. The number of rotatable bonds is 5. The summed E-state index contributed by atoms with van der Waals surface area (Å²) >= 11 is 0. The van der Waals surface area contributed by atoms with Crippen LogP contribution in [0.2, 0.25) is 0 Å². The summed E-state index contributed by atoms with van der Waals surface area (Å²) in [6, 6.07) is 12.9. The van der Waals surface area contributed by atoms with E-state index >= 15 is 0 Å². The Morgan fingerprint density at radius 2 is 1.91 bits per heavy atom. The van der Waals surface area contributed by atoms with E-state index in [9.17, 15) is 18.4 Å². The fraction of sp³-hybridized carbons (Fsp3) is 0.385. The average Bonchev–Trinajstić information content (AvgIpc) is 3.18. The maximum atomic E-state index is 13.4. The maximum absolute atomic E-state index is 13.4. The highest BCUT2D eigenvalue weighted by Crippen LogP contribution is 2.32. The first-order valence-corrected chi connectivity index (χ1v) is 11.3. The molecule has 182 valence electrons. The molecular formula is C26H26F3N5O. The number of nitriles is 1. The minimum absolute atomic E-state index is 0.229. The largest absolute Gasteiger partial charge is 0.406 e. The number of fused-ring (bicyclic) bond motifs is 1. The van der Waals surface area contributed by atoms with Crippen LogP contribution in [-0.4, -0.2) is 48.6 Å². The lowest BCUT2D eigenvalue weighted by molar-refractivity contribution is -0.140. The van der Waals surface area contributed by atoms with Crippen LogP contribution < -0.4 is 10.2 Å². The van der Waals surface area contributed by atoms with Gasteiger partial charge in [0.2, 0.25) is 0 Å². The minimum atomic E-state index is -4.37. The molecule has 0 unspecified atom stereocenters. The van der Waals surface area contributed by atoms with Crippen molar-refractivity contribution in [2.75, 3.05) is 43.1 Å². The molecule has 0 atom stereocenters. The first-order valence-electron chi connectivity index (χ1n) is 11.3. The Morgan fingerprint density at radius 1 is 1.14 bits per heavy atom. The van der Waals surface area contributed by atoms with Gasteiger partial charge in [0.1, 0.15) is 6.54 Å². The van der Waals surface area contributed by atoms with Crippen molar-refractivity contribution < 1.29 is 17.9 Å². The molecule has 1 saturated heterocycles. The van der Waals surface area contributed by atoms with Gasteiger partial charge in [-0.25, -0.2) is 0 Å². The standard InChI is InChI=1S/C26H26F3N5O/c1-25(2,17-30)24-9-8-19(16-32-24)31-10-4-5-20-15-21-22(33-11-13-35-14-12-33)6-3-7-23(21)34(20)18-26(27,28)29/h3,6-9,15-16,31H,10-14,18H2,1-2H3. The lowest BCUT2D eigenvalue weighted by atomic mass is 9.91. The number of pyridine rings is 1. The number of benzene rings is 1. The number of nitrogens with zero attached hydrogens (tertiary/aromatic N) is 4. The number of hydrogen-bond donors (Lipinski definition) is 1. The first-order chi connectivity index (χ1) is 16.7. The zero-order valence-corrected chi connectivity index (χ0v) is 19.6. The number of ether oxygens (including phenoxy) is 1. The van der Waals surface area contributed by atoms with E-state index in [2.05, 4.69) is 33.1 Å². The fourth-order valence-corrected chi connectivity index (χ4v) is 4.01. The number of halogens is 3. The summed E-state index contributed by atoms with van der Waals surface area (Å²) in [5.41, 5.74) is 2.38. The molecule has 35 heavy (non-hydrogen) atoms. The van der Waals surface area contributed by atoms with Crippen LogP contribution in [0.4, 0.5) is 24.5 Å². The quantitative estimate of drug-likeness (QED) is 0.535. The zero-order chi connectivity index (χ0) is 25.1. The van der Waals surface area contributed by atoms with Crippen LogP contribution in [-0.2, 0) is 16.7 Å². The molecular weight excluding hydrogens is 455 g/mol. The van der Waals surface area contributed by atoms with Crippen LogP contribution >= 0.6 is 0 Å². The molecule has 1 aliphatic rings. The van der Waals surface area contributed by atoms with Gasteiger partial charge in [0.25, 0.3) is 0 Å². The van der Waals surface area contributed by atoms with Crippen molar-refractivity contribution in [1.82, 2.24) is 9.55 Å². The highest BCUT2D eigenvalue weighted by molar-refractivity contribution is 5.94. The highest BCUT2D eigenvalue weighted by atomic mass is 19.4. The molecule has 1 aromatic carbocycles. The van der Waals surface area contributed by atoms with Crippen molar-refractivity contribution in [3.05, 3.63) is 54.0 Å². The highest BCUT2D eigenvalue weighted by Gasteiger charge is 2.30.